The number of hydrogen-bond acceptors (Lipinski definition) is 4. The van der Waals surface area contributed by atoms with Crippen LogP contribution in [0.15, 0.2) is 285 Å². The summed E-state index contributed by atoms with van der Waals surface area (Å²) < 4.78 is 0. The van der Waals surface area contributed by atoms with Crippen LogP contribution in [0.2, 0.25) is 0 Å². The fraction of sp³-hybridized carbons (Fsp3) is 0. The Bertz CT molecular complexity index is 3100. The molecule has 0 aliphatic rings. The largest absolute Gasteiger partial charge is 0.477 e. The highest BCUT2D eigenvalue weighted by Gasteiger charge is 2.17. The molecule has 0 spiro atoms. The molecule has 71 heavy (non-hydrogen) atoms. The first kappa shape index (κ1) is 45.0. The summed E-state index contributed by atoms with van der Waals surface area (Å²) in [6.07, 6.45) is 3.10. The zero-order valence-electron chi connectivity index (χ0n) is 38.8. The van der Waals surface area contributed by atoms with Crippen LogP contribution in [0.3, 0.4) is 0 Å². The molecule has 0 heterocycles. The van der Waals surface area contributed by atoms with Crippen molar-refractivity contribution in [1.29, 1.82) is 5.26 Å². The van der Waals surface area contributed by atoms with Gasteiger partial charge in [0.05, 0.1) is 0 Å². The van der Waals surface area contributed by atoms with Crippen LogP contribution in [0.4, 0.5) is 34.1 Å². The Hall–Kier alpha value is -9.76. The smallest absolute Gasteiger partial charge is 0.346 e. The molecule has 0 saturated carbocycles. The topological polar surface area (TPSA) is 67.6 Å². The molecule has 10 aromatic rings. The molecular weight excluding hydrogens is 867 g/mol. The second-order valence-electron chi connectivity index (χ2n) is 17.0. The van der Waals surface area contributed by atoms with Crippen LogP contribution >= 0.6 is 0 Å². The van der Waals surface area contributed by atoms with Gasteiger partial charge in [-0.05, 0) is 140 Å². The highest BCUT2D eigenvalue weighted by molar-refractivity contribution is 5.93. The van der Waals surface area contributed by atoms with Crippen molar-refractivity contribution in [3.05, 3.63) is 296 Å². The van der Waals surface area contributed by atoms with E-state index in [0.29, 0.717) is 0 Å². The van der Waals surface area contributed by atoms with Crippen LogP contribution in [0.1, 0.15) is 11.1 Å². The zero-order chi connectivity index (χ0) is 48.4. The minimum atomic E-state index is -1.28. The van der Waals surface area contributed by atoms with E-state index in [-0.39, 0.29) is 5.57 Å². The molecule has 0 amide bonds. The second-order valence-corrected chi connectivity index (χ2v) is 17.0. The van der Waals surface area contributed by atoms with Gasteiger partial charge in [0.15, 0.2) is 0 Å². The summed E-state index contributed by atoms with van der Waals surface area (Å²) in [5.74, 6) is -1.28. The van der Waals surface area contributed by atoms with E-state index in [1.54, 1.807) is 6.08 Å². The van der Waals surface area contributed by atoms with E-state index in [0.717, 1.165) is 95.3 Å². The summed E-state index contributed by atoms with van der Waals surface area (Å²) in [6, 6.07) is 94.1. The Balaban J connectivity index is 1.02. The number of rotatable bonds is 14. The van der Waals surface area contributed by atoms with Crippen molar-refractivity contribution in [3.8, 4) is 50.6 Å². The molecule has 0 saturated heterocycles. The summed E-state index contributed by atoms with van der Waals surface area (Å²) in [5, 5.41) is 19.6. The second kappa shape index (κ2) is 21.0. The van der Waals surface area contributed by atoms with Gasteiger partial charge in [0.2, 0.25) is 0 Å². The zero-order valence-corrected chi connectivity index (χ0v) is 38.8. The molecular formula is C66H47N3O2. The van der Waals surface area contributed by atoms with Gasteiger partial charge in [-0.3, -0.25) is 0 Å². The quantitative estimate of drug-likeness (QED) is 0.0669. The number of nitrogens with zero attached hydrogens (tertiary/aromatic N) is 3. The van der Waals surface area contributed by atoms with Gasteiger partial charge >= 0.3 is 5.97 Å². The van der Waals surface area contributed by atoms with Gasteiger partial charge in [0, 0.05) is 34.1 Å². The fourth-order valence-electron chi connectivity index (χ4n) is 8.89. The van der Waals surface area contributed by atoms with Crippen LogP contribution in [0, 0.1) is 11.3 Å². The average molecular weight is 914 g/mol. The molecule has 0 aliphatic carbocycles. The van der Waals surface area contributed by atoms with Crippen molar-refractivity contribution >= 4 is 45.7 Å². The summed E-state index contributed by atoms with van der Waals surface area (Å²) >= 11 is 0. The number of carbonyl (C=O) groups is 1. The lowest BCUT2D eigenvalue weighted by Gasteiger charge is -2.27. The number of allylic oxidation sites excluding steroid dienone is 2. The van der Waals surface area contributed by atoms with Crippen LogP contribution < -0.4 is 9.80 Å². The average Bonchev–Trinajstić information content (AvgIpc) is 3.44. The van der Waals surface area contributed by atoms with Crippen LogP contribution in [-0.4, -0.2) is 11.1 Å². The third kappa shape index (κ3) is 10.2. The van der Waals surface area contributed by atoms with Crippen molar-refractivity contribution in [3.63, 3.8) is 0 Å². The molecule has 0 atom stereocenters. The summed E-state index contributed by atoms with van der Waals surface area (Å²) in [5.41, 5.74) is 17.0. The van der Waals surface area contributed by atoms with E-state index in [2.05, 4.69) is 180 Å². The summed E-state index contributed by atoms with van der Waals surface area (Å²) in [6.45, 7) is 0. The minimum absolute atomic E-state index is 0.358. The number of carboxylic acid groups (broad SMARTS) is 1. The summed E-state index contributed by atoms with van der Waals surface area (Å²) in [4.78, 5) is 16.5. The fourth-order valence-corrected chi connectivity index (χ4v) is 8.89. The normalized spacial score (nSPS) is 11.0. The van der Waals surface area contributed by atoms with E-state index in [1.165, 1.54) is 6.08 Å². The van der Waals surface area contributed by atoms with E-state index in [1.807, 2.05) is 103 Å². The van der Waals surface area contributed by atoms with Gasteiger partial charge in [-0.2, -0.15) is 5.26 Å². The van der Waals surface area contributed by atoms with Gasteiger partial charge < -0.3 is 14.9 Å². The number of aliphatic carboxylic acids is 1. The molecule has 10 rings (SSSR count). The molecule has 1 N–H and O–H groups in total. The minimum Gasteiger partial charge on any atom is -0.477 e. The highest BCUT2D eigenvalue weighted by Crippen LogP contribution is 2.40. The van der Waals surface area contributed by atoms with Gasteiger partial charge in [-0.25, -0.2) is 4.79 Å². The predicted molar refractivity (Wildman–Crippen MR) is 292 cm³/mol. The molecule has 10 aromatic carbocycles. The molecule has 0 aliphatic heterocycles. The molecule has 338 valence electrons. The Morgan fingerprint density at radius 2 is 0.549 bits per heavy atom. The Morgan fingerprint density at radius 3 is 0.775 bits per heavy atom. The molecule has 0 bridgehead atoms. The maximum Gasteiger partial charge on any atom is 0.346 e. The van der Waals surface area contributed by atoms with Crippen molar-refractivity contribution in [2.45, 2.75) is 0 Å². The van der Waals surface area contributed by atoms with Gasteiger partial charge in [-0.1, -0.05) is 200 Å². The first-order chi connectivity index (χ1) is 35.0. The number of carboxylic acids is 1. The van der Waals surface area contributed by atoms with E-state index >= 15 is 0 Å². The first-order valence-electron chi connectivity index (χ1n) is 23.5. The number of benzene rings is 10. The molecule has 0 unspecified atom stereocenters. The third-order valence-corrected chi connectivity index (χ3v) is 12.6. The van der Waals surface area contributed by atoms with E-state index < -0.39 is 5.97 Å². The Morgan fingerprint density at radius 1 is 0.324 bits per heavy atom. The number of anilines is 6. The number of hydrogen-bond donors (Lipinski definition) is 1. The maximum atomic E-state index is 12.1. The summed E-state index contributed by atoms with van der Waals surface area (Å²) in [7, 11) is 0. The van der Waals surface area contributed by atoms with Gasteiger partial charge in [-0.15, -0.1) is 0 Å². The van der Waals surface area contributed by atoms with Crippen LogP contribution in [-0.2, 0) is 4.79 Å². The predicted octanol–water partition coefficient (Wildman–Crippen LogP) is 17.3. The first-order valence-corrected chi connectivity index (χ1v) is 23.5. The lowest BCUT2D eigenvalue weighted by Crippen LogP contribution is -2.10. The molecule has 5 heteroatoms. The van der Waals surface area contributed by atoms with E-state index in [9.17, 15) is 15.2 Å². The van der Waals surface area contributed by atoms with Crippen molar-refractivity contribution < 1.29 is 9.90 Å². The monoisotopic (exact) mass is 913 g/mol. The Labute approximate surface area is 415 Å². The molecule has 0 radical (unpaired) electrons. The lowest BCUT2D eigenvalue weighted by atomic mass is 9.96. The highest BCUT2D eigenvalue weighted by atomic mass is 16.4. The van der Waals surface area contributed by atoms with Crippen LogP contribution in [0.25, 0.3) is 50.1 Å². The molecule has 5 nitrogen and oxygen atoms in total. The Kier molecular flexibility index (Phi) is 13.3. The van der Waals surface area contributed by atoms with Crippen molar-refractivity contribution in [1.82, 2.24) is 0 Å². The van der Waals surface area contributed by atoms with Crippen LogP contribution in [0.5, 0.6) is 0 Å². The molecule has 0 fully saturated rings. The van der Waals surface area contributed by atoms with Gasteiger partial charge in [0.1, 0.15) is 11.6 Å². The maximum absolute atomic E-state index is 12.1. The van der Waals surface area contributed by atoms with Gasteiger partial charge in [0.25, 0.3) is 0 Å². The number of nitriles is 1. The SMILES string of the molecule is N#C/C(=C\C=C(c1ccc(N(c2ccc(-c3ccccc3)cc2)c2ccc(-c3ccccc3)cc2)cc1)c1ccc(N(c2ccc(-c3ccccc3)cc2)c2ccc(-c3ccccc3)cc2)cc1)C(=O)O. The van der Waals surface area contributed by atoms with Crippen molar-refractivity contribution in [2.75, 3.05) is 9.80 Å². The molecule has 0 aromatic heterocycles. The van der Waals surface area contributed by atoms with E-state index in [4.69, 9.17) is 0 Å². The lowest BCUT2D eigenvalue weighted by molar-refractivity contribution is -0.132. The third-order valence-electron chi connectivity index (χ3n) is 12.6. The van der Waals surface area contributed by atoms with Crippen molar-refractivity contribution in [2.24, 2.45) is 0 Å². The standard InChI is InChI=1S/C66H47N3O2/c67-47-58(66(70)71)33-46-65(56-29-42-63(43-30-56)68(59-34-21-52(22-35-59)48-13-5-1-6-14-48)60-36-23-53(24-37-60)49-15-7-2-8-16-49)57-31-44-64(45-32-57)69(61-38-25-54(26-39-61)50-17-9-3-10-18-50)62-40-27-55(28-41-62)51-19-11-4-12-20-51/h1-46H,(H,70,71)/b58-33+.